The van der Waals surface area contributed by atoms with Crippen LogP contribution in [0.2, 0.25) is 0 Å². The molecule has 1 heterocycles. The van der Waals surface area contributed by atoms with E-state index in [0.29, 0.717) is 24.6 Å². The summed E-state index contributed by atoms with van der Waals surface area (Å²) in [4.78, 5) is 6.89. The second-order valence-electron chi connectivity index (χ2n) is 7.40. The minimum absolute atomic E-state index is 0. The lowest BCUT2D eigenvalue weighted by Crippen LogP contribution is -2.50. The number of hydrogen-bond donors (Lipinski definition) is 1. The van der Waals surface area contributed by atoms with Gasteiger partial charge in [0.25, 0.3) is 0 Å². The van der Waals surface area contributed by atoms with Crippen LogP contribution in [0.4, 0.5) is 4.39 Å². The summed E-state index contributed by atoms with van der Waals surface area (Å²) in [5.74, 6) is 1.62. The van der Waals surface area contributed by atoms with Gasteiger partial charge in [0.2, 0.25) is 0 Å². The van der Waals surface area contributed by atoms with Gasteiger partial charge in [-0.25, -0.2) is 4.39 Å². The Morgan fingerprint density at radius 1 is 1.19 bits per heavy atom. The Morgan fingerprint density at radius 3 is 2.58 bits per heavy atom. The maximum Gasteiger partial charge on any atom is 0.194 e. The van der Waals surface area contributed by atoms with Crippen LogP contribution in [0, 0.1) is 5.82 Å². The Hall–Kier alpha value is -1.52. The second kappa shape index (κ2) is 13.1. The molecule has 0 bridgehead atoms. The molecule has 170 valence electrons. The molecule has 0 saturated carbocycles. The lowest BCUT2D eigenvalue weighted by molar-refractivity contribution is -0.0605. The van der Waals surface area contributed by atoms with Gasteiger partial charge in [0, 0.05) is 35.4 Å². The van der Waals surface area contributed by atoms with Crippen molar-refractivity contribution in [3.8, 4) is 0 Å². The maximum absolute atomic E-state index is 13.3. The van der Waals surface area contributed by atoms with Gasteiger partial charge in [-0.15, -0.1) is 24.0 Å². The molecule has 3 unspecified atom stereocenters. The summed E-state index contributed by atoms with van der Waals surface area (Å²) in [6, 6.07) is 16.3. The molecule has 3 atom stereocenters. The fourth-order valence-electron chi connectivity index (χ4n) is 3.50. The molecule has 1 N–H and O–H groups in total. The first kappa shape index (κ1) is 25.7. The van der Waals surface area contributed by atoms with Crippen LogP contribution in [0.3, 0.4) is 0 Å². The number of ether oxygens (including phenoxy) is 1. The highest BCUT2D eigenvalue weighted by molar-refractivity contribution is 14.0. The quantitative estimate of drug-likeness (QED) is 0.315. The molecular formula is C23H31FIN3O2S. The van der Waals surface area contributed by atoms with E-state index in [0.717, 1.165) is 30.2 Å². The number of hydrogen-bond acceptors (Lipinski definition) is 3. The molecular weight excluding hydrogens is 528 g/mol. The molecule has 1 fully saturated rings. The molecule has 31 heavy (non-hydrogen) atoms. The summed E-state index contributed by atoms with van der Waals surface area (Å²) in [6.07, 6.45) is -0.129. The number of rotatable bonds is 7. The third kappa shape index (κ3) is 8.16. The molecule has 0 aliphatic carbocycles. The summed E-state index contributed by atoms with van der Waals surface area (Å²) in [5, 5.41) is 3.34. The van der Waals surface area contributed by atoms with Crippen molar-refractivity contribution >= 4 is 40.7 Å². The third-order valence-corrected chi connectivity index (χ3v) is 6.18. The highest BCUT2D eigenvalue weighted by Gasteiger charge is 2.28. The average Bonchev–Trinajstić information content (AvgIpc) is 2.74. The highest BCUT2D eigenvalue weighted by Crippen LogP contribution is 2.25. The van der Waals surface area contributed by atoms with E-state index in [1.54, 1.807) is 12.1 Å². The van der Waals surface area contributed by atoms with E-state index >= 15 is 0 Å². The second-order valence-corrected chi connectivity index (χ2v) is 8.98. The molecule has 2 aromatic carbocycles. The van der Waals surface area contributed by atoms with Gasteiger partial charge >= 0.3 is 0 Å². The largest absolute Gasteiger partial charge is 0.367 e. The standard InChI is InChI=1S/C23H30FN3O2S.HI/c1-3-25-23(26-13-14-30(28)17-19-7-5-4-6-8-19)27-15-18(2)29-22(16-27)20-9-11-21(24)12-10-20;/h4-12,18,22H,3,13-17H2,1-2H3,(H,25,26);1H. The van der Waals surface area contributed by atoms with Crippen molar-refractivity contribution in [2.24, 2.45) is 4.99 Å². The zero-order valence-electron chi connectivity index (χ0n) is 18.0. The van der Waals surface area contributed by atoms with E-state index in [-0.39, 0.29) is 42.0 Å². The Morgan fingerprint density at radius 2 is 1.90 bits per heavy atom. The van der Waals surface area contributed by atoms with Crippen LogP contribution >= 0.6 is 24.0 Å². The summed E-state index contributed by atoms with van der Waals surface area (Å²) in [7, 11) is -0.956. The normalized spacial score (nSPS) is 20.1. The first-order valence-electron chi connectivity index (χ1n) is 10.4. The zero-order chi connectivity index (χ0) is 21.3. The monoisotopic (exact) mass is 559 g/mol. The van der Waals surface area contributed by atoms with Crippen LogP contribution in [0.1, 0.15) is 31.1 Å². The molecule has 1 aliphatic rings. The van der Waals surface area contributed by atoms with Crippen LogP contribution < -0.4 is 5.32 Å². The molecule has 0 spiro atoms. The minimum atomic E-state index is -0.956. The molecule has 1 aliphatic heterocycles. The van der Waals surface area contributed by atoms with Crippen molar-refractivity contribution in [1.29, 1.82) is 0 Å². The van der Waals surface area contributed by atoms with Crippen LogP contribution in [0.5, 0.6) is 0 Å². The van der Waals surface area contributed by atoms with Gasteiger partial charge < -0.3 is 15.0 Å². The number of benzene rings is 2. The van der Waals surface area contributed by atoms with E-state index in [1.165, 1.54) is 12.1 Å². The first-order valence-corrected chi connectivity index (χ1v) is 11.9. The van der Waals surface area contributed by atoms with Crippen molar-refractivity contribution in [1.82, 2.24) is 10.2 Å². The van der Waals surface area contributed by atoms with E-state index in [2.05, 4.69) is 10.2 Å². The smallest absolute Gasteiger partial charge is 0.194 e. The molecule has 5 nitrogen and oxygen atoms in total. The molecule has 0 amide bonds. The Balaban J connectivity index is 0.00000341. The molecule has 3 rings (SSSR count). The van der Waals surface area contributed by atoms with Gasteiger partial charge in [0.15, 0.2) is 5.96 Å². The van der Waals surface area contributed by atoms with Gasteiger partial charge in [-0.05, 0) is 37.1 Å². The number of aliphatic imine (C=N–C) groups is 1. The van der Waals surface area contributed by atoms with Crippen molar-refractivity contribution in [2.45, 2.75) is 31.8 Å². The SMILES string of the molecule is CCNC(=NCCS(=O)Cc1ccccc1)N1CC(C)OC(c2ccc(F)cc2)C1.I. The van der Waals surface area contributed by atoms with Crippen LogP contribution in [0.25, 0.3) is 0 Å². The highest BCUT2D eigenvalue weighted by atomic mass is 127. The molecule has 8 heteroatoms. The number of halogens is 2. The van der Waals surface area contributed by atoms with Gasteiger partial charge in [0.05, 0.1) is 19.2 Å². The van der Waals surface area contributed by atoms with Crippen molar-refractivity contribution < 1.29 is 13.3 Å². The predicted octanol–water partition coefficient (Wildman–Crippen LogP) is 4.12. The van der Waals surface area contributed by atoms with Crippen molar-refractivity contribution in [3.63, 3.8) is 0 Å². The van der Waals surface area contributed by atoms with Gasteiger partial charge in [0.1, 0.15) is 11.9 Å². The lowest BCUT2D eigenvalue weighted by atomic mass is 10.1. The molecule has 2 aromatic rings. The fraction of sp³-hybridized carbons (Fsp3) is 0.435. The summed E-state index contributed by atoms with van der Waals surface area (Å²) >= 11 is 0. The topological polar surface area (TPSA) is 53.9 Å². The van der Waals surface area contributed by atoms with Crippen LogP contribution in [0.15, 0.2) is 59.6 Å². The van der Waals surface area contributed by atoms with Crippen molar-refractivity contribution in [2.75, 3.05) is 31.9 Å². The predicted molar refractivity (Wildman–Crippen MR) is 136 cm³/mol. The van der Waals surface area contributed by atoms with E-state index in [1.807, 2.05) is 44.2 Å². The van der Waals surface area contributed by atoms with E-state index < -0.39 is 10.8 Å². The first-order chi connectivity index (χ1) is 14.5. The number of morpholine rings is 1. The zero-order valence-corrected chi connectivity index (χ0v) is 21.1. The molecule has 0 radical (unpaired) electrons. The van der Waals surface area contributed by atoms with Gasteiger partial charge in [-0.3, -0.25) is 9.20 Å². The third-order valence-electron chi connectivity index (χ3n) is 4.89. The maximum atomic E-state index is 13.3. The van der Waals surface area contributed by atoms with E-state index in [9.17, 15) is 8.60 Å². The van der Waals surface area contributed by atoms with Gasteiger partial charge in [-0.2, -0.15) is 0 Å². The van der Waals surface area contributed by atoms with Crippen LogP contribution in [-0.2, 0) is 21.3 Å². The number of nitrogens with one attached hydrogen (secondary N) is 1. The van der Waals surface area contributed by atoms with Crippen LogP contribution in [-0.4, -0.2) is 53.1 Å². The summed E-state index contributed by atoms with van der Waals surface area (Å²) in [5.41, 5.74) is 2.03. The lowest BCUT2D eigenvalue weighted by Gasteiger charge is -2.38. The minimum Gasteiger partial charge on any atom is -0.367 e. The van der Waals surface area contributed by atoms with Crippen molar-refractivity contribution in [3.05, 3.63) is 71.5 Å². The fourth-order valence-corrected chi connectivity index (χ4v) is 4.50. The molecule has 1 saturated heterocycles. The summed E-state index contributed by atoms with van der Waals surface area (Å²) < 4.78 is 31.8. The number of guanidine groups is 1. The Bertz CT molecular complexity index is 852. The molecule has 0 aromatic heterocycles. The number of nitrogens with zero attached hydrogens (tertiary/aromatic N) is 2. The van der Waals surface area contributed by atoms with E-state index in [4.69, 9.17) is 9.73 Å². The summed E-state index contributed by atoms with van der Waals surface area (Å²) in [6.45, 7) is 6.66. The van der Waals surface area contributed by atoms with Gasteiger partial charge in [-0.1, -0.05) is 42.5 Å². The average molecular weight is 559 g/mol. The Labute approximate surface area is 203 Å². The Kier molecular flexibility index (Phi) is 10.9.